The number of benzene rings is 2. The van der Waals surface area contributed by atoms with Gasteiger partial charge in [0, 0.05) is 11.4 Å². The summed E-state index contributed by atoms with van der Waals surface area (Å²) < 4.78 is 0. The van der Waals surface area contributed by atoms with E-state index in [1.165, 1.54) is 11.1 Å². The van der Waals surface area contributed by atoms with Crippen LogP contribution in [0.15, 0.2) is 53.4 Å². The molecule has 1 N–H and O–H groups in total. The molecule has 33 heavy (non-hydrogen) atoms. The van der Waals surface area contributed by atoms with Crippen LogP contribution in [0.2, 0.25) is 0 Å². The summed E-state index contributed by atoms with van der Waals surface area (Å²) >= 11 is 3.24. The molecule has 2 aromatic heterocycles. The molecule has 1 aliphatic heterocycles. The van der Waals surface area contributed by atoms with Crippen molar-refractivity contribution < 1.29 is 4.79 Å². The fraction of sp³-hybridized carbons (Fsp3) is 0.269. The first-order chi connectivity index (χ1) is 15.9. The number of imidazole rings is 1. The van der Waals surface area contributed by atoms with E-state index in [2.05, 4.69) is 60.9 Å². The number of carbonyl (C=O) groups is 1. The number of carbonyl (C=O) groups excluding carboxylic acids is 1. The number of para-hydroxylation sites is 1. The van der Waals surface area contributed by atoms with Crippen molar-refractivity contribution >= 4 is 40.0 Å². The van der Waals surface area contributed by atoms with E-state index < -0.39 is 0 Å². The number of hydrogen-bond acceptors (Lipinski definition) is 5. The highest BCUT2D eigenvalue weighted by Gasteiger charge is 2.37. The van der Waals surface area contributed by atoms with E-state index in [1.807, 2.05) is 24.0 Å². The van der Waals surface area contributed by atoms with Crippen LogP contribution in [0.3, 0.4) is 0 Å². The van der Waals surface area contributed by atoms with Crippen LogP contribution < -0.4 is 0 Å². The second kappa shape index (κ2) is 8.47. The molecule has 0 aliphatic carbocycles. The van der Waals surface area contributed by atoms with E-state index in [4.69, 9.17) is 4.98 Å². The van der Waals surface area contributed by atoms with Gasteiger partial charge in [-0.3, -0.25) is 4.79 Å². The fourth-order valence-electron chi connectivity index (χ4n) is 4.39. The molecule has 0 radical (unpaired) electrons. The summed E-state index contributed by atoms with van der Waals surface area (Å²) in [7, 11) is 0. The first-order valence-electron chi connectivity index (χ1n) is 10.9. The number of likely N-dealkylation sites (tertiary alicyclic amines) is 1. The Morgan fingerprint density at radius 3 is 2.76 bits per heavy atom. The van der Waals surface area contributed by atoms with Crippen molar-refractivity contribution in [2.24, 2.45) is 0 Å². The van der Waals surface area contributed by atoms with Crippen molar-refractivity contribution in [3.8, 4) is 10.4 Å². The van der Waals surface area contributed by atoms with Crippen molar-refractivity contribution in [3.05, 3.63) is 76.2 Å². The lowest BCUT2D eigenvalue weighted by molar-refractivity contribution is 0.0728. The van der Waals surface area contributed by atoms with Crippen LogP contribution >= 0.6 is 23.1 Å². The average Bonchev–Trinajstić information content (AvgIpc) is 3.50. The second-order valence-electron chi connectivity index (χ2n) is 8.59. The quantitative estimate of drug-likeness (QED) is 0.272. The van der Waals surface area contributed by atoms with Gasteiger partial charge in [0.1, 0.15) is 17.0 Å². The monoisotopic (exact) mass is 474 g/mol. The van der Waals surface area contributed by atoms with Gasteiger partial charge in [-0.2, -0.15) is 0 Å². The Morgan fingerprint density at radius 2 is 2.00 bits per heavy atom. The van der Waals surface area contributed by atoms with Crippen LogP contribution in [0.4, 0.5) is 0 Å². The number of fused-ring (bicyclic) bond motifs is 1. The Balaban J connectivity index is 1.55. The number of amides is 1. The zero-order chi connectivity index (χ0) is 23.3. The zero-order valence-electron chi connectivity index (χ0n) is 19.2. The van der Waals surface area contributed by atoms with E-state index in [1.54, 1.807) is 23.1 Å². The number of thiazole rings is 1. The van der Waals surface area contributed by atoms with Crippen LogP contribution in [-0.2, 0) is 0 Å². The third-order valence-corrected chi connectivity index (χ3v) is 8.04. The van der Waals surface area contributed by atoms with E-state index >= 15 is 0 Å². The summed E-state index contributed by atoms with van der Waals surface area (Å²) in [6.07, 6.45) is 2.75. The molecule has 1 amide bonds. The van der Waals surface area contributed by atoms with Gasteiger partial charge in [-0.05, 0) is 62.3 Å². The van der Waals surface area contributed by atoms with Gasteiger partial charge in [-0.1, -0.05) is 36.4 Å². The Kier molecular flexibility index (Phi) is 5.62. The number of thioether (sulfide) groups is 1. The second-order valence-corrected chi connectivity index (χ2v) is 10.6. The molecule has 7 heteroatoms. The number of hydrogen-bond donors (Lipinski definition) is 1. The summed E-state index contributed by atoms with van der Waals surface area (Å²) in [5.74, 6) is 0.736. The van der Waals surface area contributed by atoms with Gasteiger partial charge in [0.05, 0.1) is 21.4 Å². The normalized spacial score (nSPS) is 16.2. The molecule has 3 heterocycles. The number of nitrogens with zero attached hydrogens (tertiary/aromatic N) is 3. The number of aromatic nitrogens is 3. The lowest BCUT2D eigenvalue weighted by atomic mass is 10.0. The molecule has 5 nitrogen and oxygen atoms in total. The van der Waals surface area contributed by atoms with Gasteiger partial charge in [-0.15, -0.1) is 23.1 Å². The third-order valence-electron chi connectivity index (χ3n) is 6.25. The first kappa shape index (κ1) is 21.9. The van der Waals surface area contributed by atoms with E-state index in [9.17, 15) is 4.79 Å². The van der Waals surface area contributed by atoms with Crippen LogP contribution in [0.1, 0.15) is 44.9 Å². The van der Waals surface area contributed by atoms with Gasteiger partial charge in [-0.25, -0.2) is 9.97 Å². The van der Waals surface area contributed by atoms with Gasteiger partial charge in [0.15, 0.2) is 0 Å². The molecule has 0 saturated carbocycles. The molecule has 4 aromatic rings. The molecule has 1 atom stereocenters. The highest BCUT2D eigenvalue weighted by atomic mass is 32.2. The molecule has 5 rings (SSSR count). The Labute approximate surface area is 202 Å². The maximum absolute atomic E-state index is 13.9. The summed E-state index contributed by atoms with van der Waals surface area (Å²) in [6, 6.07) is 12.3. The highest BCUT2D eigenvalue weighted by molar-refractivity contribution is 7.98. The number of rotatable bonds is 4. The largest absolute Gasteiger partial charge is 0.340 e. The van der Waals surface area contributed by atoms with Crippen molar-refractivity contribution in [1.82, 2.24) is 19.9 Å². The molecule has 2 aromatic carbocycles. The molecule has 0 bridgehead atoms. The van der Waals surface area contributed by atoms with Gasteiger partial charge < -0.3 is 9.88 Å². The summed E-state index contributed by atoms with van der Waals surface area (Å²) in [5.41, 5.74) is 6.96. The lowest BCUT2D eigenvalue weighted by Gasteiger charge is -2.22. The Bertz CT molecular complexity index is 1400. The van der Waals surface area contributed by atoms with E-state index in [0.717, 1.165) is 42.8 Å². The first-order valence-corrected chi connectivity index (χ1v) is 12.9. The zero-order valence-corrected chi connectivity index (χ0v) is 20.9. The third kappa shape index (κ3) is 3.89. The standard InChI is InChI=1S/C26H26N4OS2/c1-14-11-20(25-28-19-7-6-8-21(32-5)22(19)29-25)30(13-14)26(31)23-24(33-17(4)27-23)18-10-9-15(2)16(3)12-18/h6-10,12,20H,1,11,13H2,2-5H3,(H,28,29). The molecule has 1 unspecified atom stereocenters. The molecule has 1 aliphatic rings. The van der Waals surface area contributed by atoms with Crippen molar-refractivity contribution in [2.45, 2.75) is 38.1 Å². The highest BCUT2D eigenvalue weighted by Crippen LogP contribution is 2.39. The minimum Gasteiger partial charge on any atom is -0.340 e. The minimum absolute atomic E-state index is 0.0678. The fourth-order valence-corrected chi connectivity index (χ4v) is 5.86. The molecule has 1 saturated heterocycles. The SMILES string of the molecule is C=C1CC(c2nc3c(SC)cccc3[nH]2)N(C(=O)c2nc(C)sc2-c2ccc(C)c(C)c2)C1. The summed E-state index contributed by atoms with van der Waals surface area (Å²) in [5, 5.41) is 0.884. The molecule has 0 spiro atoms. The maximum atomic E-state index is 13.9. The smallest absolute Gasteiger partial charge is 0.274 e. The van der Waals surface area contributed by atoms with Gasteiger partial charge in [0.2, 0.25) is 0 Å². The van der Waals surface area contributed by atoms with Crippen molar-refractivity contribution in [1.29, 1.82) is 0 Å². The van der Waals surface area contributed by atoms with Gasteiger partial charge in [0.25, 0.3) is 5.91 Å². The molecule has 1 fully saturated rings. The number of nitrogens with one attached hydrogen (secondary N) is 1. The Morgan fingerprint density at radius 1 is 1.18 bits per heavy atom. The number of aryl methyl sites for hydroxylation is 3. The predicted octanol–water partition coefficient (Wildman–Crippen LogP) is 6.48. The van der Waals surface area contributed by atoms with Crippen LogP contribution in [-0.4, -0.2) is 38.6 Å². The van der Waals surface area contributed by atoms with Gasteiger partial charge >= 0.3 is 0 Å². The number of H-pyrrole nitrogens is 1. The van der Waals surface area contributed by atoms with E-state index in [0.29, 0.717) is 18.7 Å². The lowest BCUT2D eigenvalue weighted by Crippen LogP contribution is -2.31. The van der Waals surface area contributed by atoms with Crippen LogP contribution in [0, 0.1) is 20.8 Å². The Hall–Kier alpha value is -2.90. The topological polar surface area (TPSA) is 61.9 Å². The van der Waals surface area contributed by atoms with Crippen LogP contribution in [0.5, 0.6) is 0 Å². The van der Waals surface area contributed by atoms with E-state index in [-0.39, 0.29) is 11.9 Å². The molecular weight excluding hydrogens is 448 g/mol. The van der Waals surface area contributed by atoms with Crippen molar-refractivity contribution in [3.63, 3.8) is 0 Å². The number of aromatic amines is 1. The van der Waals surface area contributed by atoms with Crippen molar-refractivity contribution in [2.75, 3.05) is 12.8 Å². The average molecular weight is 475 g/mol. The maximum Gasteiger partial charge on any atom is 0.274 e. The molecule has 168 valence electrons. The predicted molar refractivity (Wildman–Crippen MR) is 137 cm³/mol. The van der Waals surface area contributed by atoms with Crippen LogP contribution in [0.25, 0.3) is 21.5 Å². The minimum atomic E-state index is -0.179. The summed E-state index contributed by atoms with van der Waals surface area (Å²) in [6.45, 7) is 10.9. The molecular formula is C26H26N4OS2. The summed E-state index contributed by atoms with van der Waals surface area (Å²) in [4.78, 5) is 30.8.